The molecule has 2 N–H and O–H groups in total. The smallest absolute Gasteiger partial charge is 0.270 e. The molecule has 120 valence electrons. The number of carbonyl (C=O) groups is 2. The quantitative estimate of drug-likeness (QED) is 0.686. The Balaban J connectivity index is 1.79. The maximum absolute atomic E-state index is 12.6. The second-order valence-electron chi connectivity index (χ2n) is 5.56. The van der Waals surface area contributed by atoms with Crippen LogP contribution >= 0.6 is 11.3 Å². The normalized spacial score (nSPS) is 15.7. The summed E-state index contributed by atoms with van der Waals surface area (Å²) in [5.74, 6) is -0.577. The lowest BCUT2D eigenvalue weighted by atomic mass is 9.96. The number of primary amides is 1. The van der Waals surface area contributed by atoms with Crippen molar-refractivity contribution in [3.05, 3.63) is 39.3 Å². The van der Waals surface area contributed by atoms with Crippen LogP contribution in [0.1, 0.15) is 22.5 Å². The molecular weight excluding hydrogens is 318 g/mol. The van der Waals surface area contributed by atoms with Gasteiger partial charge in [0.2, 0.25) is 5.91 Å². The van der Waals surface area contributed by atoms with Crippen molar-refractivity contribution in [1.82, 2.24) is 4.90 Å². The van der Waals surface area contributed by atoms with Gasteiger partial charge in [-0.1, -0.05) is 0 Å². The molecule has 7 nitrogen and oxygen atoms in total. The second-order valence-corrected chi connectivity index (χ2v) is 6.64. The van der Waals surface area contributed by atoms with Crippen LogP contribution in [-0.2, 0) is 4.79 Å². The van der Waals surface area contributed by atoms with E-state index in [2.05, 4.69) is 0 Å². The Labute approximate surface area is 135 Å². The molecule has 0 radical (unpaired) electrons. The Hall–Kier alpha value is -2.48. The molecule has 3 rings (SSSR count). The first kappa shape index (κ1) is 15.4. The van der Waals surface area contributed by atoms with Gasteiger partial charge in [0, 0.05) is 41.2 Å². The molecule has 0 saturated carbocycles. The van der Waals surface area contributed by atoms with Crippen LogP contribution in [0.5, 0.6) is 0 Å². The Morgan fingerprint density at radius 3 is 2.57 bits per heavy atom. The topological polar surface area (TPSA) is 107 Å². The fraction of sp³-hybridized carbons (Fsp3) is 0.333. The summed E-state index contributed by atoms with van der Waals surface area (Å²) in [5.41, 5.74) is 5.30. The molecule has 1 aromatic carbocycles. The summed E-state index contributed by atoms with van der Waals surface area (Å²) in [6.07, 6.45) is 1.16. The number of benzene rings is 1. The van der Waals surface area contributed by atoms with Crippen LogP contribution < -0.4 is 5.73 Å². The molecule has 23 heavy (non-hydrogen) atoms. The van der Waals surface area contributed by atoms with Gasteiger partial charge in [-0.2, -0.15) is 0 Å². The van der Waals surface area contributed by atoms with Crippen molar-refractivity contribution < 1.29 is 14.5 Å². The molecule has 1 aromatic heterocycles. The molecule has 0 spiro atoms. The maximum atomic E-state index is 12.6. The second kappa shape index (κ2) is 5.96. The van der Waals surface area contributed by atoms with Crippen molar-refractivity contribution in [3.8, 4) is 0 Å². The minimum absolute atomic E-state index is 0.0107. The number of likely N-dealkylation sites (tertiary alicyclic amines) is 1. The number of nitro benzene ring substituents is 1. The van der Waals surface area contributed by atoms with Crippen LogP contribution in [0.15, 0.2) is 24.3 Å². The van der Waals surface area contributed by atoms with Gasteiger partial charge in [-0.3, -0.25) is 19.7 Å². The molecule has 1 saturated heterocycles. The van der Waals surface area contributed by atoms with Crippen molar-refractivity contribution in [2.75, 3.05) is 13.1 Å². The first-order valence-electron chi connectivity index (χ1n) is 7.22. The summed E-state index contributed by atoms with van der Waals surface area (Å²) < 4.78 is 0.839. The number of hydrogen-bond donors (Lipinski definition) is 1. The van der Waals surface area contributed by atoms with Crippen LogP contribution in [0, 0.1) is 16.0 Å². The zero-order valence-corrected chi connectivity index (χ0v) is 13.0. The molecule has 1 aliphatic rings. The molecule has 0 unspecified atom stereocenters. The first-order chi connectivity index (χ1) is 11.0. The SMILES string of the molecule is NC(=O)C1CCN(C(=O)c2cc3cc([N+](=O)[O-])ccc3s2)CC1. The van der Waals surface area contributed by atoms with Gasteiger partial charge in [0.25, 0.3) is 11.6 Å². The van der Waals surface area contributed by atoms with E-state index in [-0.39, 0.29) is 23.4 Å². The molecule has 0 atom stereocenters. The summed E-state index contributed by atoms with van der Waals surface area (Å²) >= 11 is 1.32. The average Bonchev–Trinajstić information content (AvgIpc) is 2.97. The number of rotatable bonds is 3. The molecule has 2 heterocycles. The predicted molar refractivity (Wildman–Crippen MR) is 86.3 cm³/mol. The highest BCUT2D eigenvalue weighted by Gasteiger charge is 2.27. The van der Waals surface area contributed by atoms with Crippen molar-refractivity contribution in [3.63, 3.8) is 0 Å². The van der Waals surface area contributed by atoms with Gasteiger partial charge in [0.1, 0.15) is 0 Å². The number of nitro groups is 1. The van der Waals surface area contributed by atoms with Crippen LogP contribution in [0.2, 0.25) is 0 Å². The van der Waals surface area contributed by atoms with E-state index in [1.807, 2.05) is 0 Å². The highest BCUT2D eigenvalue weighted by Crippen LogP contribution is 2.30. The number of hydrogen-bond acceptors (Lipinski definition) is 5. The van der Waals surface area contributed by atoms with Crippen molar-refractivity contribution in [2.24, 2.45) is 11.7 Å². The van der Waals surface area contributed by atoms with Gasteiger partial charge in [-0.25, -0.2) is 0 Å². The third kappa shape index (κ3) is 3.02. The summed E-state index contributed by atoms with van der Waals surface area (Å²) in [5, 5.41) is 11.5. The van der Waals surface area contributed by atoms with Gasteiger partial charge in [-0.05, 0) is 25.0 Å². The Bertz CT molecular complexity index is 793. The minimum atomic E-state index is -0.451. The standard InChI is InChI=1S/C15H15N3O4S/c16-14(19)9-3-5-17(6-4-9)15(20)13-8-10-7-11(18(21)22)1-2-12(10)23-13/h1-2,7-9H,3-6H2,(H2,16,19). The number of nitrogens with two attached hydrogens (primary N) is 1. The van der Waals surface area contributed by atoms with E-state index in [0.717, 1.165) is 4.70 Å². The lowest BCUT2D eigenvalue weighted by molar-refractivity contribution is -0.384. The number of non-ortho nitro benzene ring substituents is 1. The third-order valence-electron chi connectivity index (χ3n) is 4.11. The highest BCUT2D eigenvalue weighted by molar-refractivity contribution is 7.20. The Kier molecular flexibility index (Phi) is 3.99. The monoisotopic (exact) mass is 333 g/mol. The number of thiophene rings is 1. The van der Waals surface area contributed by atoms with Gasteiger partial charge in [0.15, 0.2) is 0 Å². The summed E-state index contributed by atoms with van der Waals surface area (Å²) in [6.45, 7) is 1.00. The molecule has 1 aliphatic heterocycles. The van der Waals surface area contributed by atoms with Crippen LogP contribution in [0.25, 0.3) is 10.1 Å². The summed E-state index contributed by atoms with van der Waals surface area (Å²) in [6, 6.07) is 6.26. The van der Waals surface area contributed by atoms with Gasteiger partial charge >= 0.3 is 0 Å². The number of fused-ring (bicyclic) bond motifs is 1. The number of nitrogens with zero attached hydrogens (tertiary/aromatic N) is 2. The lowest BCUT2D eigenvalue weighted by Gasteiger charge is -2.30. The van der Waals surface area contributed by atoms with Crippen LogP contribution in [0.4, 0.5) is 5.69 Å². The highest BCUT2D eigenvalue weighted by atomic mass is 32.1. The van der Waals surface area contributed by atoms with Gasteiger partial charge in [-0.15, -0.1) is 11.3 Å². The van der Waals surface area contributed by atoms with E-state index in [0.29, 0.717) is 36.2 Å². The minimum Gasteiger partial charge on any atom is -0.369 e. The molecule has 0 bridgehead atoms. The number of carbonyl (C=O) groups excluding carboxylic acids is 2. The maximum Gasteiger partial charge on any atom is 0.270 e. The van der Waals surface area contributed by atoms with Gasteiger partial charge < -0.3 is 10.6 Å². The van der Waals surface area contributed by atoms with Crippen molar-refractivity contribution >= 4 is 38.9 Å². The fourth-order valence-corrected chi connectivity index (χ4v) is 3.78. The van der Waals surface area contributed by atoms with Crippen LogP contribution in [0.3, 0.4) is 0 Å². The summed E-state index contributed by atoms with van der Waals surface area (Å²) in [7, 11) is 0. The molecule has 2 amide bonds. The third-order valence-corrected chi connectivity index (χ3v) is 5.21. The van der Waals surface area contributed by atoms with Crippen LogP contribution in [-0.4, -0.2) is 34.7 Å². The molecule has 0 aliphatic carbocycles. The predicted octanol–water partition coefficient (Wildman–Crippen LogP) is 2.15. The van der Waals surface area contributed by atoms with Gasteiger partial charge in [0.05, 0.1) is 9.80 Å². The summed E-state index contributed by atoms with van der Waals surface area (Å²) in [4.78, 5) is 36.3. The molecule has 8 heteroatoms. The fourth-order valence-electron chi connectivity index (χ4n) is 2.77. The van der Waals surface area contributed by atoms with Crippen molar-refractivity contribution in [2.45, 2.75) is 12.8 Å². The lowest BCUT2D eigenvalue weighted by Crippen LogP contribution is -2.41. The van der Waals surface area contributed by atoms with E-state index in [4.69, 9.17) is 5.73 Å². The van der Waals surface area contributed by atoms with Crippen molar-refractivity contribution in [1.29, 1.82) is 0 Å². The van der Waals surface area contributed by atoms with E-state index in [1.165, 1.54) is 23.5 Å². The van der Waals surface area contributed by atoms with E-state index < -0.39 is 4.92 Å². The average molecular weight is 333 g/mol. The van der Waals surface area contributed by atoms with E-state index in [1.54, 1.807) is 17.0 Å². The number of piperidine rings is 1. The molecule has 1 fully saturated rings. The Morgan fingerprint density at radius 2 is 1.96 bits per heavy atom. The zero-order valence-electron chi connectivity index (χ0n) is 12.2. The zero-order chi connectivity index (χ0) is 16.6. The Morgan fingerprint density at radius 1 is 1.26 bits per heavy atom. The number of amides is 2. The van der Waals surface area contributed by atoms with E-state index in [9.17, 15) is 19.7 Å². The van der Waals surface area contributed by atoms with E-state index >= 15 is 0 Å². The first-order valence-corrected chi connectivity index (χ1v) is 8.04. The largest absolute Gasteiger partial charge is 0.369 e. The molecular formula is C15H15N3O4S. The molecule has 2 aromatic rings.